The van der Waals surface area contributed by atoms with Gasteiger partial charge in [-0.25, -0.2) is 4.79 Å². The smallest absolute Gasteiger partial charge is 0.330 e. The van der Waals surface area contributed by atoms with Crippen LogP contribution in [-0.2, 0) is 4.74 Å². The third-order valence-electron chi connectivity index (χ3n) is 3.28. The number of aromatic nitrogens is 2. The van der Waals surface area contributed by atoms with Crippen LogP contribution in [0.3, 0.4) is 0 Å². The monoisotopic (exact) mass is 269 g/mol. The van der Waals surface area contributed by atoms with Crippen molar-refractivity contribution in [3.05, 3.63) is 32.6 Å². The second kappa shape index (κ2) is 5.71. The third kappa shape index (κ3) is 2.96. The predicted molar refractivity (Wildman–Crippen MR) is 70.1 cm³/mol. The fraction of sp³-hybridized carbons (Fsp3) is 0.692. The quantitative estimate of drug-likeness (QED) is 0.842. The van der Waals surface area contributed by atoms with Crippen LogP contribution in [-0.4, -0.2) is 26.9 Å². The summed E-state index contributed by atoms with van der Waals surface area (Å²) < 4.78 is 14.9. The molecule has 106 valence electrons. The molecule has 0 amide bonds. The minimum atomic E-state index is -0.770. The summed E-state index contributed by atoms with van der Waals surface area (Å²) in [5, 5.41) is 10.0. The number of aromatic amines is 1. The molecule has 6 heteroatoms. The van der Waals surface area contributed by atoms with Crippen molar-refractivity contribution in [2.75, 3.05) is 0 Å². The van der Waals surface area contributed by atoms with Crippen molar-refractivity contribution in [1.29, 1.82) is 0 Å². The van der Waals surface area contributed by atoms with Gasteiger partial charge in [0.15, 0.2) is 0 Å². The molecule has 19 heavy (non-hydrogen) atoms. The molecule has 1 fully saturated rings. The average Bonchev–Trinajstić information content (AvgIpc) is 2.76. The number of aliphatic hydroxyl groups excluding tert-OH is 1. The summed E-state index contributed by atoms with van der Waals surface area (Å²) in [7, 11) is 0. The van der Waals surface area contributed by atoms with Gasteiger partial charge in [-0.1, -0.05) is 19.8 Å². The summed E-state index contributed by atoms with van der Waals surface area (Å²) >= 11 is 0. The lowest BCUT2D eigenvalue weighted by Crippen LogP contribution is -2.33. The van der Waals surface area contributed by atoms with Crippen LogP contribution in [0.4, 0.5) is 0 Å². The first kappa shape index (κ1) is 12.6. The van der Waals surface area contributed by atoms with Gasteiger partial charge >= 0.3 is 5.69 Å². The number of nitrogens with zero attached hydrogens (tertiary/aromatic N) is 1. The summed E-state index contributed by atoms with van der Waals surface area (Å²) in [5.41, 5.74) is -0.580. The van der Waals surface area contributed by atoms with Crippen LogP contribution in [0.25, 0.3) is 0 Å². The maximum absolute atomic E-state index is 11.8. The number of ether oxygens (including phenoxy) is 1. The van der Waals surface area contributed by atoms with Gasteiger partial charge in [0, 0.05) is 19.6 Å². The lowest BCUT2D eigenvalue weighted by Gasteiger charge is -2.16. The molecular formula is C13H20N2O4. The number of aliphatic hydroxyl groups is 1. The zero-order valence-electron chi connectivity index (χ0n) is 12.1. The molecule has 0 bridgehead atoms. The van der Waals surface area contributed by atoms with E-state index in [1.165, 1.54) is 10.8 Å². The van der Waals surface area contributed by atoms with Crippen LogP contribution in [0.2, 0.25) is 0 Å². The van der Waals surface area contributed by atoms with E-state index in [4.69, 9.17) is 6.11 Å². The molecule has 2 heterocycles. The van der Waals surface area contributed by atoms with Gasteiger partial charge in [0.1, 0.15) is 6.23 Å². The number of H-pyrrole nitrogens is 1. The fourth-order valence-corrected chi connectivity index (χ4v) is 2.19. The summed E-state index contributed by atoms with van der Waals surface area (Å²) in [6, 6.07) is 0. The highest BCUT2D eigenvalue weighted by molar-refractivity contribution is 5.02. The third-order valence-corrected chi connectivity index (χ3v) is 3.28. The molecule has 2 rings (SSSR count). The van der Waals surface area contributed by atoms with Gasteiger partial charge in [-0.15, -0.1) is 0 Å². The average molecular weight is 269 g/mol. The van der Waals surface area contributed by atoms with Gasteiger partial charge in [0.05, 0.1) is 12.2 Å². The number of nitrogens with one attached hydrogen (secondary N) is 1. The Morgan fingerprint density at radius 2 is 2.37 bits per heavy atom. The number of hydrogen-bond acceptors (Lipinski definition) is 4. The Bertz CT molecular complexity index is 582. The molecule has 1 saturated heterocycles. The molecule has 0 saturated carbocycles. The van der Waals surface area contributed by atoms with Crippen LogP contribution in [0.1, 0.15) is 45.7 Å². The van der Waals surface area contributed by atoms with Crippen molar-refractivity contribution >= 4 is 0 Å². The van der Waals surface area contributed by atoms with E-state index in [-0.39, 0.29) is 6.42 Å². The molecular weight excluding hydrogens is 248 g/mol. The van der Waals surface area contributed by atoms with Gasteiger partial charge in [0.25, 0.3) is 5.56 Å². The highest BCUT2D eigenvalue weighted by Gasteiger charge is 2.34. The highest BCUT2D eigenvalue weighted by atomic mass is 16.5. The van der Waals surface area contributed by atoms with Crippen molar-refractivity contribution < 1.29 is 11.2 Å². The van der Waals surface area contributed by atoms with Crippen LogP contribution in [0.5, 0.6) is 0 Å². The zero-order chi connectivity index (χ0) is 14.9. The maximum Gasteiger partial charge on any atom is 0.330 e. The van der Waals surface area contributed by atoms with E-state index in [9.17, 15) is 14.7 Å². The van der Waals surface area contributed by atoms with Crippen LogP contribution < -0.4 is 11.2 Å². The summed E-state index contributed by atoms with van der Waals surface area (Å²) in [5.74, 6) is 0. The Morgan fingerprint density at radius 1 is 1.63 bits per heavy atom. The predicted octanol–water partition coefficient (Wildman–Crippen LogP) is 0.684. The van der Waals surface area contributed by atoms with E-state index < -0.39 is 36.1 Å². The maximum atomic E-state index is 11.8. The lowest BCUT2D eigenvalue weighted by molar-refractivity contribution is -0.0251. The molecule has 0 spiro atoms. The van der Waals surface area contributed by atoms with Gasteiger partial charge in [-0.2, -0.15) is 0 Å². The van der Waals surface area contributed by atoms with Crippen molar-refractivity contribution in [2.45, 2.75) is 57.9 Å². The fourth-order valence-electron chi connectivity index (χ4n) is 2.19. The Morgan fingerprint density at radius 3 is 3.05 bits per heavy atom. The molecule has 6 nitrogen and oxygen atoms in total. The Labute approximate surface area is 112 Å². The summed E-state index contributed by atoms with van der Waals surface area (Å²) in [6.07, 6.45) is 0.626. The molecule has 2 N–H and O–H groups in total. The molecule has 0 aromatic carbocycles. The van der Waals surface area contributed by atoms with Crippen LogP contribution in [0, 0.1) is 6.92 Å². The molecule has 1 aliphatic rings. The molecule has 4 atom stereocenters. The summed E-state index contributed by atoms with van der Waals surface area (Å²) in [6.45, 7) is 3.57. The molecule has 0 radical (unpaired) electrons. The molecule has 0 unspecified atom stereocenters. The van der Waals surface area contributed by atoms with Gasteiger partial charge < -0.3 is 9.84 Å². The van der Waals surface area contributed by atoms with Gasteiger partial charge in [-0.3, -0.25) is 14.3 Å². The first-order valence-electron chi connectivity index (χ1n) is 7.09. The van der Waals surface area contributed by atoms with Crippen molar-refractivity contribution in [3.63, 3.8) is 0 Å². The number of rotatable bonds is 4. The van der Waals surface area contributed by atoms with Crippen molar-refractivity contribution in [1.82, 2.24) is 9.55 Å². The van der Waals surface area contributed by atoms with Gasteiger partial charge in [0.2, 0.25) is 0 Å². The van der Waals surface area contributed by atoms with E-state index in [1.54, 1.807) is 6.92 Å². The molecule has 0 aliphatic carbocycles. The normalized spacial score (nSPS) is 29.2. The van der Waals surface area contributed by atoms with Crippen LogP contribution >= 0.6 is 0 Å². The Kier molecular flexibility index (Phi) is 3.79. The largest absolute Gasteiger partial charge is 0.390 e. The van der Waals surface area contributed by atoms with E-state index >= 15 is 0 Å². The van der Waals surface area contributed by atoms with E-state index in [0.717, 1.165) is 6.42 Å². The van der Waals surface area contributed by atoms with E-state index in [2.05, 4.69) is 4.98 Å². The second-order valence-corrected chi connectivity index (χ2v) is 4.86. The Balaban J connectivity index is 2.22. The first-order valence-corrected chi connectivity index (χ1v) is 6.52. The minimum absolute atomic E-state index is 0.245. The van der Waals surface area contributed by atoms with E-state index in [1.807, 2.05) is 6.92 Å². The standard InChI is InChI=1S/C13H20N2O4/c1-3-4-5-10-9(16)6-11(19-10)15-7-8(2)12(17)14-13(15)18/h7,9-11,16H,3-6H2,1-2H3,(H,14,17,18)/t9-,10+,11+/m0/s1/i5D/t5-,9-,10+,11+. The number of aryl methyl sites for hydroxylation is 1. The SMILES string of the molecule is [2H][C@@H](CCC)[C@H]1O[C@@H](n2cc(C)c(=O)[nH]c2=O)C[C@@H]1O. The summed E-state index contributed by atoms with van der Waals surface area (Å²) in [4.78, 5) is 25.3. The van der Waals surface area contributed by atoms with Crippen LogP contribution in [0.15, 0.2) is 15.8 Å². The van der Waals surface area contributed by atoms with Crippen molar-refractivity contribution in [3.8, 4) is 0 Å². The minimum Gasteiger partial charge on any atom is -0.390 e. The highest BCUT2D eigenvalue weighted by Crippen LogP contribution is 2.30. The number of hydrogen-bond donors (Lipinski definition) is 2. The topological polar surface area (TPSA) is 84.3 Å². The first-order chi connectivity index (χ1) is 9.43. The molecule has 1 aromatic rings. The Hall–Kier alpha value is -1.40. The zero-order valence-corrected chi connectivity index (χ0v) is 11.1. The lowest BCUT2D eigenvalue weighted by atomic mass is 10.1. The van der Waals surface area contributed by atoms with Crippen molar-refractivity contribution in [2.24, 2.45) is 0 Å². The van der Waals surface area contributed by atoms with E-state index in [0.29, 0.717) is 12.0 Å². The second-order valence-electron chi connectivity index (χ2n) is 4.86. The molecule has 1 aliphatic heterocycles. The molecule has 1 aromatic heterocycles. The van der Waals surface area contributed by atoms with Gasteiger partial charge in [-0.05, 0) is 13.3 Å².